The van der Waals surface area contributed by atoms with Gasteiger partial charge in [0.15, 0.2) is 11.8 Å². The molecule has 9 nitrogen and oxygen atoms in total. The second-order valence-corrected chi connectivity index (χ2v) is 7.21. The van der Waals surface area contributed by atoms with E-state index in [4.69, 9.17) is 10.6 Å². The molecule has 2 atom stereocenters. The first-order valence-electron chi connectivity index (χ1n) is 9.04. The minimum atomic E-state index is -1.44. The predicted octanol–water partition coefficient (Wildman–Crippen LogP) is 0.998. The minimum Gasteiger partial charge on any atom is -0.477 e. The number of aliphatic carboxylic acids is 1. The molecule has 2 aliphatic heterocycles. The van der Waals surface area contributed by atoms with Crippen LogP contribution in [0.1, 0.15) is 23.2 Å². The van der Waals surface area contributed by atoms with E-state index in [1.807, 2.05) is 4.90 Å². The lowest BCUT2D eigenvalue weighted by atomic mass is 10.0. The number of halogens is 1. The van der Waals surface area contributed by atoms with Crippen LogP contribution < -0.4 is 15.3 Å². The summed E-state index contributed by atoms with van der Waals surface area (Å²) in [5.74, 6) is -1.75. The average Bonchev–Trinajstić information content (AvgIpc) is 3.46. The van der Waals surface area contributed by atoms with E-state index in [1.54, 1.807) is 6.07 Å². The topological polar surface area (TPSA) is 118 Å². The summed E-state index contributed by atoms with van der Waals surface area (Å²) < 4.78 is 14.6. The summed E-state index contributed by atoms with van der Waals surface area (Å²) in [7, 11) is 1.46. The van der Waals surface area contributed by atoms with Crippen molar-refractivity contribution in [3.05, 3.63) is 29.5 Å². The van der Waals surface area contributed by atoms with Gasteiger partial charge in [0.2, 0.25) is 5.78 Å². The fraction of sp³-hybridized carbons (Fsp3) is 0.444. The maximum absolute atomic E-state index is 15.8. The molecule has 2 fully saturated rings. The minimum absolute atomic E-state index is 0.00835. The summed E-state index contributed by atoms with van der Waals surface area (Å²) in [4.78, 5) is 35.2. The van der Waals surface area contributed by atoms with Gasteiger partial charge in [-0.15, -0.1) is 0 Å². The zero-order valence-corrected chi connectivity index (χ0v) is 15.3. The number of anilines is 1. The molecule has 148 valence electrons. The van der Waals surface area contributed by atoms with Crippen molar-refractivity contribution in [1.29, 1.82) is 0 Å². The molecule has 28 heavy (non-hydrogen) atoms. The van der Waals surface area contributed by atoms with Gasteiger partial charge in [-0.05, 0) is 12.1 Å². The first-order chi connectivity index (χ1) is 13.4. The lowest BCUT2D eigenvalue weighted by molar-refractivity contribution is -0.132. The van der Waals surface area contributed by atoms with E-state index in [1.165, 1.54) is 13.2 Å². The maximum atomic E-state index is 15.8. The van der Waals surface area contributed by atoms with Gasteiger partial charge in [0.25, 0.3) is 5.82 Å². The van der Waals surface area contributed by atoms with E-state index in [2.05, 4.69) is 10.1 Å². The molecule has 3 N–H and O–H groups in total. The van der Waals surface area contributed by atoms with Crippen LogP contribution in [0.15, 0.2) is 29.1 Å². The molecular formula is C18H21FN5O4+. The first kappa shape index (κ1) is 18.5. The van der Waals surface area contributed by atoms with Gasteiger partial charge in [-0.25, -0.2) is 4.79 Å². The third-order valence-corrected chi connectivity index (χ3v) is 5.38. The van der Waals surface area contributed by atoms with Crippen molar-refractivity contribution in [3.63, 3.8) is 0 Å². The number of fused-ring (bicyclic) bond motifs is 1. The number of carboxylic acids is 1. The largest absolute Gasteiger partial charge is 0.477 e. The number of aromatic nitrogens is 1. The van der Waals surface area contributed by atoms with Crippen LogP contribution >= 0.6 is 0 Å². The third kappa shape index (κ3) is 2.85. The van der Waals surface area contributed by atoms with Crippen LogP contribution in [0.4, 0.5) is 16.1 Å². The quantitative estimate of drug-likeness (QED) is 0.437. The Morgan fingerprint density at radius 1 is 1.50 bits per heavy atom. The predicted molar refractivity (Wildman–Crippen MR) is 99.4 cm³/mol. The second-order valence-electron chi connectivity index (χ2n) is 7.21. The van der Waals surface area contributed by atoms with Gasteiger partial charge < -0.3 is 20.6 Å². The lowest BCUT2D eigenvalue weighted by Gasteiger charge is -2.27. The standard InChI is InChI=1S/C18H20FN5O4/c1-28-22-14-8-23(7-10(14)6-20)15-5-4-12-16(25)13(18(26)27)9-24(19,11-2-3-11)17(12)21-15/h4-5,9-11H,2-3,6-8,20H2,1H3/p+1. The number of nitrogens with zero attached hydrogens (tertiary/aromatic N) is 4. The average molecular weight is 390 g/mol. The molecule has 0 bridgehead atoms. The molecule has 0 aromatic carbocycles. The van der Waals surface area contributed by atoms with Gasteiger partial charge in [0, 0.05) is 36.3 Å². The van der Waals surface area contributed by atoms with Gasteiger partial charge in [0.05, 0.1) is 12.3 Å². The second kappa shape index (κ2) is 6.64. The van der Waals surface area contributed by atoms with E-state index in [-0.39, 0.29) is 17.3 Å². The molecular weight excluding hydrogens is 369 g/mol. The van der Waals surface area contributed by atoms with E-state index >= 15 is 4.48 Å². The van der Waals surface area contributed by atoms with Gasteiger partial charge in [-0.1, -0.05) is 9.86 Å². The Morgan fingerprint density at radius 3 is 2.86 bits per heavy atom. The van der Waals surface area contributed by atoms with Crippen molar-refractivity contribution in [1.82, 2.24) is 9.69 Å². The Hall–Kier alpha value is -2.85. The van der Waals surface area contributed by atoms with Crippen molar-refractivity contribution in [2.45, 2.75) is 18.9 Å². The molecule has 2 unspecified atom stereocenters. The number of Topliss-reactive ketones (excluding diaryl/α,β-unsaturated/α-hetero) is 1. The molecule has 10 heteroatoms. The highest BCUT2D eigenvalue weighted by atomic mass is 19.2. The number of hydrogen-bond donors (Lipinski definition) is 2. The summed E-state index contributed by atoms with van der Waals surface area (Å²) in [6, 6.07) is 2.63. The van der Waals surface area contributed by atoms with Crippen LogP contribution in [0.25, 0.3) is 0 Å². The lowest BCUT2D eigenvalue weighted by Crippen LogP contribution is -2.43. The Balaban J connectivity index is 1.75. The Bertz CT molecular complexity index is 913. The number of nitrogens with two attached hydrogens (primary N) is 1. The van der Waals surface area contributed by atoms with Gasteiger partial charge in [0.1, 0.15) is 24.5 Å². The van der Waals surface area contributed by atoms with Crippen molar-refractivity contribution in [2.75, 3.05) is 31.6 Å². The van der Waals surface area contributed by atoms with Crippen LogP contribution in [0, 0.1) is 5.92 Å². The number of rotatable bonds is 5. The Labute approximate surface area is 160 Å². The number of ketones is 1. The van der Waals surface area contributed by atoms with Gasteiger partial charge in [-0.2, -0.15) is 4.98 Å². The number of pyridine rings is 1. The molecule has 1 aliphatic carbocycles. The highest BCUT2D eigenvalue weighted by molar-refractivity contribution is 6.26. The molecule has 0 spiro atoms. The zero-order chi connectivity index (χ0) is 20.1. The fourth-order valence-corrected chi connectivity index (χ4v) is 3.75. The van der Waals surface area contributed by atoms with E-state index < -0.39 is 28.1 Å². The van der Waals surface area contributed by atoms with Crippen LogP contribution in [0.3, 0.4) is 0 Å². The molecule has 0 amide bonds. The van der Waals surface area contributed by atoms with Crippen LogP contribution in [-0.4, -0.2) is 60.3 Å². The van der Waals surface area contributed by atoms with E-state index in [0.29, 0.717) is 38.3 Å². The third-order valence-electron chi connectivity index (χ3n) is 5.38. The number of carboxylic acid groups (broad SMARTS) is 1. The molecule has 1 aromatic rings. The van der Waals surface area contributed by atoms with Crippen LogP contribution in [-0.2, 0) is 9.63 Å². The van der Waals surface area contributed by atoms with Crippen LogP contribution in [0.5, 0.6) is 0 Å². The highest BCUT2D eigenvalue weighted by Gasteiger charge is 2.55. The van der Waals surface area contributed by atoms with Crippen molar-refractivity contribution in [2.24, 2.45) is 16.8 Å². The normalized spacial score (nSPS) is 28.3. The first-order valence-corrected chi connectivity index (χ1v) is 9.04. The van der Waals surface area contributed by atoms with Crippen LogP contribution in [0.2, 0.25) is 0 Å². The molecule has 0 radical (unpaired) electrons. The number of carbonyl (C=O) groups is 2. The molecule has 1 saturated carbocycles. The van der Waals surface area contributed by atoms with E-state index in [0.717, 1.165) is 11.9 Å². The van der Waals surface area contributed by atoms with Gasteiger partial charge in [-0.3, -0.25) is 4.79 Å². The molecule has 3 heterocycles. The molecule has 1 saturated heterocycles. The van der Waals surface area contributed by atoms with Crippen molar-refractivity contribution < 1.29 is 24.0 Å². The zero-order valence-electron chi connectivity index (χ0n) is 15.3. The smallest absolute Gasteiger partial charge is 0.345 e. The SMILES string of the molecule is CON=C1CN(c2ccc3c(n2)[N+](F)(C2CC2)C=C(C(=O)O)C3=O)CC1CN. The maximum Gasteiger partial charge on any atom is 0.345 e. The number of hydrogen-bond acceptors (Lipinski definition) is 7. The fourth-order valence-electron chi connectivity index (χ4n) is 3.75. The summed E-state index contributed by atoms with van der Waals surface area (Å²) in [5.41, 5.74) is 6.00. The summed E-state index contributed by atoms with van der Waals surface area (Å²) >= 11 is 0. The Morgan fingerprint density at radius 2 is 2.25 bits per heavy atom. The highest BCUT2D eigenvalue weighted by Crippen LogP contribution is 2.45. The molecule has 3 aliphatic rings. The summed E-state index contributed by atoms with van der Waals surface area (Å²) in [6.45, 7) is 1.36. The molecule has 1 aromatic heterocycles. The number of oxime groups is 1. The summed E-state index contributed by atoms with van der Waals surface area (Å²) in [6.07, 6.45) is 2.08. The monoisotopic (exact) mass is 390 g/mol. The number of carbonyl (C=O) groups excluding carboxylic acids is 1. The van der Waals surface area contributed by atoms with E-state index in [9.17, 15) is 14.7 Å². The van der Waals surface area contributed by atoms with Gasteiger partial charge >= 0.3 is 5.97 Å². The molecule has 4 rings (SSSR count). The number of quaternary nitrogens is 1. The van der Waals surface area contributed by atoms with Crippen molar-refractivity contribution >= 4 is 29.1 Å². The van der Waals surface area contributed by atoms with Crippen molar-refractivity contribution in [3.8, 4) is 0 Å². The Kier molecular flexibility index (Phi) is 4.39. The summed E-state index contributed by atoms with van der Waals surface area (Å²) in [5, 5.41) is 13.3.